The molecule has 0 aliphatic rings. The number of rotatable bonds is 8. The van der Waals surface area contributed by atoms with Gasteiger partial charge in [-0.05, 0) is 33.3 Å². The number of hydrogen-bond donors (Lipinski definition) is 1. The summed E-state index contributed by atoms with van der Waals surface area (Å²) in [7, 11) is 1.57. The molecule has 0 aliphatic heterocycles. The predicted octanol–water partition coefficient (Wildman–Crippen LogP) is 2.21. The highest BCUT2D eigenvalue weighted by molar-refractivity contribution is 6.04. The van der Waals surface area contributed by atoms with Crippen molar-refractivity contribution >= 4 is 11.8 Å². The van der Waals surface area contributed by atoms with Gasteiger partial charge in [-0.15, -0.1) is 0 Å². The molecule has 128 valence electrons. The van der Waals surface area contributed by atoms with Crippen molar-refractivity contribution in [1.29, 1.82) is 0 Å². The fourth-order valence-corrected chi connectivity index (χ4v) is 2.21. The van der Waals surface area contributed by atoms with Crippen molar-refractivity contribution in [3.63, 3.8) is 0 Å². The van der Waals surface area contributed by atoms with Crippen LogP contribution in [0, 0.1) is 5.41 Å². The van der Waals surface area contributed by atoms with Crippen LogP contribution < -0.4 is 5.32 Å². The van der Waals surface area contributed by atoms with Gasteiger partial charge in [0.1, 0.15) is 5.41 Å². The van der Waals surface area contributed by atoms with Crippen LogP contribution in [0.25, 0.3) is 0 Å². The standard InChI is InChI=1S/C18H28N2O3/c1-14(2)20(13-15-9-7-6-8-10-15)17(22)18(3,4)16(21)19-11-12-23-5/h6-10,14H,11-13H2,1-5H3,(H,19,21). The van der Waals surface area contributed by atoms with E-state index in [2.05, 4.69) is 5.32 Å². The van der Waals surface area contributed by atoms with E-state index >= 15 is 0 Å². The van der Waals surface area contributed by atoms with Gasteiger partial charge >= 0.3 is 0 Å². The Hall–Kier alpha value is -1.88. The maximum absolute atomic E-state index is 12.9. The molecule has 5 nitrogen and oxygen atoms in total. The lowest BCUT2D eigenvalue weighted by Crippen LogP contribution is -2.51. The van der Waals surface area contributed by atoms with E-state index in [9.17, 15) is 9.59 Å². The number of nitrogens with one attached hydrogen (secondary N) is 1. The second-order valence-corrected chi connectivity index (χ2v) is 6.39. The van der Waals surface area contributed by atoms with Crippen molar-refractivity contribution in [2.75, 3.05) is 20.3 Å². The molecule has 0 fully saturated rings. The zero-order valence-corrected chi connectivity index (χ0v) is 14.8. The van der Waals surface area contributed by atoms with Crippen LogP contribution in [-0.4, -0.2) is 43.0 Å². The van der Waals surface area contributed by atoms with E-state index in [1.54, 1.807) is 25.9 Å². The highest BCUT2D eigenvalue weighted by Gasteiger charge is 2.39. The van der Waals surface area contributed by atoms with E-state index < -0.39 is 5.41 Å². The van der Waals surface area contributed by atoms with Crippen LogP contribution >= 0.6 is 0 Å². The van der Waals surface area contributed by atoms with Gasteiger partial charge in [0.25, 0.3) is 0 Å². The Bertz CT molecular complexity index is 512. The molecule has 0 aliphatic carbocycles. The van der Waals surface area contributed by atoms with Crippen LogP contribution in [0.5, 0.6) is 0 Å². The van der Waals surface area contributed by atoms with Gasteiger partial charge in [-0.2, -0.15) is 0 Å². The van der Waals surface area contributed by atoms with Crippen LogP contribution in [0.3, 0.4) is 0 Å². The predicted molar refractivity (Wildman–Crippen MR) is 90.8 cm³/mol. The van der Waals surface area contributed by atoms with Crippen LogP contribution in [0.15, 0.2) is 30.3 Å². The van der Waals surface area contributed by atoms with E-state index in [1.807, 2.05) is 44.2 Å². The number of benzene rings is 1. The molecule has 0 radical (unpaired) electrons. The lowest BCUT2D eigenvalue weighted by molar-refractivity contribution is -0.150. The first-order valence-corrected chi connectivity index (χ1v) is 7.93. The molecular weight excluding hydrogens is 292 g/mol. The highest BCUT2D eigenvalue weighted by atomic mass is 16.5. The van der Waals surface area contributed by atoms with Gasteiger partial charge in [0.05, 0.1) is 6.61 Å². The third-order valence-corrected chi connectivity index (χ3v) is 3.77. The normalized spacial score (nSPS) is 11.4. The van der Waals surface area contributed by atoms with Crippen LogP contribution in [0.1, 0.15) is 33.3 Å². The molecule has 0 spiro atoms. The third kappa shape index (κ3) is 5.36. The van der Waals surface area contributed by atoms with Crippen molar-refractivity contribution in [2.24, 2.45) is 5.41 Å². The first-order chi connectivity index (χ1) is 10.8. The molecule has 0 heterocycles. The minimum Gasteiger partial charge on any atom is -0.383 e. The summed E-state index contributed by atoms with van der Waals surface area (Å²) < 4.78 is 4.92. The second kappa shape index (κ2) is 8.67. The molecule has 23 heavy (non-hydrogen) atoms. The van der Waals surface area contributed by atoms with Crippen molar-refractivity contribution in [1.82, 2.24) is 10.2 Å². The average molecular weight is 320 g/mol. The number of carbonyl (C=O) groups excluding carboxylic acids is 2. The fraction of sp³-hybridized carbons (Fsp3) is 0.556. The van der Waals surface area contributed by atoms with Crippen LogP contribution in [-0.2, 0) is 20.9 Å². The Morgan fingerprint density at radius 3 is 2.35 bits per heavy atom. The third-order valence-electron chi connectivity index (χ3n) is 3.77. The Balaban J connectivity index is 2.85. The summed E-state index contributed by atoms with van der Waals surface area (Å²) in [5, 5.41) is 2.75. The topological polar surface area (TPSA) is 58.6 Å². The number of carbonyl (C=O) groups is 2. The zero-order chi connectivity index (χ0) is 17.5. The molecule has 1 rings (SSSR count). The van der Waals surface area contributed by atoms with Gasteiger partial charge in [0.2, 0.25) is 11.8 Å². The fourth-order valence-electron chi connectivity index (χ4n) is 2.21. The molecule has 5 heteroatoms. The zero-order valence-electron chi connectivity index (χ0n) is 14.8. The SMILES string of the molecule is COCCNC(=O)C(C)(C)C(=O)N(Cc1ccccc1)C(C)C. The summed E-state index contributed by atoms with van der Waals surface area (Å²) >= 11 is 0. The summed E-state index contributed by atoms with van der Waals surface area (Å²) in [5.41, 5.74) is -0.0718. The highest BCUT2D eigenvalue weighted by Crippen LogP contribution is 2.22. The van der Waals surface area contributed by atoms with Crippen molar-refractivity contribution in [3.05, 3.63) is 35.9 Å². The summed E-state index contributed by atoms with van der Waals surface area (Å²) in [6.07, 6.45) is 0. The number of methoxy groups -OCH3 is 1. The molecule has 0 aromatic heterocycles. The molecular formula is C18H28N2O3. The van der Waals surface area contributed by atoms with Crippen LogP contribution in [0.4, 0.5) is 0 Å². The maximum atomic E-state index is 12.9. The summed E-state index contributed by atoms with van der Waals surface area (Å²) in [6.45, 7) is 8.56. The van der Waals surface area contributed by atoms with Gasteiger partial charge in [-0.3, -0.25) is 9.59 Å². The maximum Gasteiger partial charge on any atom is 0.238 e. The number of ether oxygens (including phenoxy) is 1. The molecule has 1 aromatic rings. The van der Waals surface area contributed by atoms with Crippen molar-refractivity contribution in [3.8, 4) is 0 Å². The molecule has 1 aromatic carbocycles. The second-order valence-electron chi connectivity index (χ2n) is 6.39. The van der Waals surface area contributed by atoms with E-state index in [0.717, 1.165) is 5.56 Å². The van der Waals surface area contributed by atoms with E-state index in [-0.39, 0.29) is 17.9 Å². The van der Waals surface area contributed by atoms with Gasteiger partial charge in [0.15, 0.2) is 0 Å². The van der Waals surface area contributed by atoms with Gasteiger partial charge in [0, 0.05) is 26.2 Å². The van der Waals surface area contributed by atoms with E-state index in [1.165, 1.54) is 0 Å². The Kier molecular flexibility index (Phi) is 7.23. The van der Waals surface area contributed by atoms with Crippen LogP contribution in [0.2, 0.25) is 0 Å². The molecule has 0 saturated carbocycles. The molecule has 0 saturated heterocycles. The number of nitrogens with zero attached hydrogens (tertiary/aromatic N) is 1. The number of hydrogen-bond acceptors (Lipinski definition) is 3. The molecule has 0 atom stereocenters. The minimum absolute atomic E-state index is 0.00811. The minimum atomic E-state index is -1.12. The molecule has 0 unspecified atom stereocenters. The summed E-state index contributed by atoms with van der Waals surface area (Å²) in [5.74, 6) is -0.454. The van der Waals surface area contributed by atoms with Gasteiger partial charge in [-0.1, -0.05) is 30.3 Å². The molecule has 0 bridgehead atoms. The Morgan fingerprint density at radius 2 is 1.83 bits per heavy atom. The van der Waals surface area contributed by atoms with Gasteiger partial charge < -0.3 is 15.0 Å². The van der Waals surface area contributed by atoms with Crippen molar-refractivity contribution in [2.45, 2.75) is 40.3 Å². The molecule has 1 N–H and O–H groups in total. The first kappa shape index (κ1) is 19.2. The first-order valence-electron chi connectivity index (χ1n) is 7.93. The van der Waals surface area contributed by atoms with Gasteiger partial charge in [-0.25, -0.2) is 0 Å². The molecule has 2 amide bonds. The van der Waals surface area contributed by atoms with Crippen molar-refractivity contribution < 1.29 is 14.3 Å². The Morgan fingerprint density at radius 1 is 1.22 bits per heavy atom. The average Bonchev–Trinajstić information content (AvgIpc) is 2.52. The summed E-state index contributed by atoms with van der Waals surface area (Å²) in [6, 6.07) is 9.80. The lowest BCUT2D eigenvalue weighted by atomic mass is 9.89. The van der Waals surface area contributed by atoms with E-state index in [0.29, 0.717) is 19.7 Å². The Labute approximate surface area is 139 Å². The largest absolute Gasteiger partial charge is 0.383 e. The van der Waals surface area contributed by atoms with E-state index in [4.69, 9.17) is 4.74 Å². The summed E-state index contributed by atoms with van der Waals surface area (Å²) in [4.78, 5) is 27.0. The smallest absolute Gasteiger partial charge is 0.238 e. The lowest BCUT2D eigenvalue weighted by Gasteiger charge is -2.34. The monoisotopic (exact) mass is 320 g/mol. The number of amides is 2. The quantitative estimate of drug-likeness (QED) is 0.590.